The number of furan rings is 1. The van der Waals surface area contributed by atoms with Crippen LogP contribution < -0.4 is 15.4 Å². The Hall–Kier alpha value is -3.10. The van der Waals surface area contributed by atoms with Gasteiger partial charge < -0.3 is 14.5 Å². The second-order valence-corrected chi connectivity index (χ2v) is 6.45. The standard InChI is InChI=1S/C19H16Cl2N4O4/c1-2-28-17-9-15(21)23-19(25-17)24-16(26)10-22-18(27)14-8-7-13(29-14)11-5-3-4-6-12(11)20/h3-9H,2,10H2,1H3,(H,22,27)(H,23,24,25,26). The van der Waals surface area contributed by atoms with E-state index >= 15 is 0 Å². The molecule has 150 valence electrons. The van der Waals surface area contributed by atoms with Crippen molar-refractivity contribution in [1.29, 1.82) is 0 Å². The molecule has 0 aliphatic rings. The molecule has 2 aromatic heterocycles. The maximum absolute atomic E-state index is 12.2. The first kappa shape index (κ1) is 20.6. The zero-order chi connectivity index (χ0) is 20.8. The molecule has 0 bridgehead atoms. The van der Waals surface area contributed by atoms with Crippen molar-refractivity contribution in [3.63, 3.8) is 0 Å². The lowest BCUT2D eigenvalue weighted by molar-refractivity contribution is -0.115. The van der Waals surface area contributed by atoms with Crippen molar-refractivity contribution < 1.29 is 18.7 Å². The molecule has 2 amide bonds. The van der Waals surface area contributed by atoms with Gasteiger partial charge in [-0.1, -0.05) is 35.3 Å². The van der Waals surface area contributed by atoms with Crippen LogP contribution in [0, 0.1) is 0 Å². The number of hydrogen-bond acceptors (Lipinski definition) is 6. The number of carbonyl (C=O) groups is 2. The molecule has 10 heteroatoms. The largest absolute Gasteiger partial charge is 0.478 e. The summed E-state index contributed by atoms with van der Waals surface area (Å²) in [5, 5.41) is 5.51. The lowest BCUT2D eigenvalue weighted by atomic mass is 10.2. The molecule has 8 nitrogen and oxygen atoms in total. The van der Waals surface area contributed by atoms with E-state index in [0.29, 0.717) is 23.0 Å². The number of halogens is 2. The Kier molecular flexibility index (Phi) is 6.69. The second kappa shape index (κ2) is 9.40. The van der Waals surface area contributed by atoms with Gasteiger partial charge in [-0.05, 0) is 31.2 Å². The minimum absolute atomic E-state index is 0.0285. The molecular formula is C19H16Cl2N4O4. The van der Waals surface area contributed by atoms with E-state index in [0.717, 1.165) is 0 Å². The minimum Gasteiger partial charge on any atom is -0.478 e. The van der Waals surface area contributed by atoms with Gasteiger partial charge in [-0.15, -0.1) is 0 Å². The maximum atomic E-state index is 12.2. The van der Waals surface area contributed by atoms with E-state index in [9.17, 15) is 9.59 Å². The fraction of sp³-hybridized carbons (Fsp3) is 0.158. The predicted molar refractivity (Wildman–Crippen MR) is 108 cm³/mol. The van der Waals surface area contributed by atoms with E-state index in [4.69, 9.17) is 32.4 Å². The molecule has 0 saturated heterocycles. The third-order valence-corrected chi connectivity index (χ3v) is 4.12. The van der Waals surface area contributed by atoms with Crippen LogP contribution in [-0.2, 0) is 4.79 Å². The highest BCUT2D eigenvalue weighted by Crippen LogP contribution is 2.29. The highest BCUT2D eigenvalue weighted by molar-refractivity contribution is 6.33. The van der Waals surface area contributed by atoms with E-state index in [1.54, 1.807) is 31.2 Å². The number of aromatic nitrogens is 2. The molecule has 0 aliphatic carbocycles. The molecule has 2 heterocycles. The molecule has 3 rings (SSSR count). The Morgan fingerprint density at radius 2 is 1.93 bits per heavy atom. The van der Waals surface area contributed by atoms with E-state index in [2.05, 4.69) is 20.6 Å². The number of hydrogen-bond donors (Lipinski definition) is 2. The van der Waals surface area contributed by atoms with Crippen LogP contribution >= 0.6 is 23.2 Å². The highest BCUT2D eigenvalue weighted by atomic mass is 35.5. The molecule has 0 spiro atoms. The molecule has 29 heavy (non-hydrogen) atoms. The summed E-state index contributed by atoms with van der Waals surface area (Å²) >= 11 is 12.0. The molecule has 0 saturated carbocycles. The third kappa shape index (κ3) is 5.46. The number of nitrogens with one attached hydrogen (secondary N) is 2. The van der Waals surface area contributed by atoms with Crippen molar-refractivity contribution in [2.75, 3.05) is 18.5 Å². The van der Waals surface area contributed by atoms with E-state index in [-0.39, 0.29) is 29.3 Å². The average molecular weight is 435 g/mol. The minimum atomic E-state index is -0.555. The molecule has 0 radical (unpaired) electrons. The number of ether oxygens (including phenoxy) is 1. The monoisotopic (exact) mass is 434 g/mol. The third-order valence-electron chi connectivity index (χ3n) is 3.59. The van der Waals surface area contributed by atoms with Crippen molar-refractivity contribution in [1.82, 2.24) is 15.3 Å². The molecule has 0 fully saturated rings. The van der Waals surface area contributed by atoms with Crippen LogP contribution in [0.25, 0.3) is 11.3 Å². The van der Waals surface area contributed by atoms with Crippen molar-refractivity contribution in [2.24, 2.45) is 0 Å². The Morgan fingerprint density at radius 1 is 1.14 bits per heavy atom. The number of carbonyl (C=O) groups excluding carboxylic acids is 2. The summed E-state index contributed by atoms with van der Waals surface area (Å²) in [6, 6.07) is 11.7. The first-order valence-electron chi connectivity index (χ1n) is 8.56. The fourth-order valence-electron chi connectivity index (χ4n) is 2.36. The van der Waals surface area contributed by atoms with E-state index in [1.807, 2.05) is 6.07 Å². The summed E-state index contributed by atoms with van der Waals surface area (Å²) in [5.74, 6) is -0.401. The van der Waals surface area contributed by atoms with E-state index in [1.165, 1.54) is 12.1 Å². The first-order valence-corrected chi connectivity index (χ1v) is 9.32. The summed E-state index contributed by atoms with van der Waals surface area (Å²) in [4.78, 5) is 32.2. The number of amides is 2. The summed E-state index contributed by atoms with van der Waals surface area (Å²) < 4.78 is 10.8. The molecular weight excluding hydrogens is 419 g/mol. The zero-order valence-electron chi connectivity index (χ0n) is 15.2. The second-order valence-electron chi connectivity index (χ2n) is 5.66. The van der Waals surface area contributed by atoms with Crippen LogP contribution in [0.1, 0.15) is 17.5 Å². The zero-order valence-corrected chi connectivity index (χ0v) is 16.8. The van der Waals surface area contributed by atoms with Crippen LogP contribution in [0.4, 0.5) is 5.95 Å². The molecule has 3 aromatic rings. The van der Waals surface area contributed by atoms with Crippen molar-refractivity contribution in [3.8, 4) is 17.2 Å². The fourth-order valence-corrected chi connectivity index (χ4v) is 2.76. The van der Waals surface area contributed by atoms with Gasteiger partial charge in [0.25, 0.3) is 5.91 Å². The molecule has 2 N–H and O–H groups in total. The van der Waals surface area contributed by atoms with Gasteiger partial charge >= 0.3 is 0 Å². The van der Waals surface area contributed by atoms with Crippen LogP contribution in [0.15, 0.2) is 46.9 Å². The average Bonchev–Trinajstić information content (AvgIpc) is 3.16. The van der Waals surface area contributed by atoms with Gasteiger partial charge in [-0.2, -0.15) is 4.98 Å². The first-order chi connectivity index (χ1) is 14.0. The van der Waals surface area contributed by atoms with Gasteiger partial charge in [0.05, 0.1) is 18.2 Å². The van der Waals surface area contributed by atoms with Crippen LogP contribution in [0.5, 0.6) is 5.88 Å². The van der Waals surface area contributed by atoms with Crippen molar-refractivity contribution in [3.05, 3.63) is 58.4 Å². The van der Waals surface area contributed by atoms with Gasteiger partial charge in [0, 0.05) is 11.6 Å². The van der Waals surface area contributed by atoms with Gasteiger partial charge in [-0.3, -0.25) is 14.9 Å². The number of rotatable bonds is 7. The maximum Gasteiger partial charge on any atom is 0.287 e. The Labute approximate surface area is 176 Å². The van der Waals surface area contributed by atoms with Gasteiger partial charge in [0.1, 0.15) is 10.9 Å². The Morgan fingerprint density at radius 3 is 2.69 bits per heavy atom. The number of nitrogens with zero attached hydrogens (tertiary/aromatic N) is 2. The molecule has 0 atom stereocenters. The number of benzene rings is 1. The highest BCUT2D eigenvalue weighted by Gasteiger charge is 2.15. The molecule has 0 aliphatic heterocycles. The quantitative estimate of drug-likeness (QED) is 0.547. The Bertz CT molecular complexity index is 1040. The molecule has 1 aromatic carbocycles. The predicted octanol–water partition coefficient (Wildman–Crippen LogP) is 3.81. The van der Waals surface area contributed by atoms with E-state index < -0.39 is 11.8 Å². The lowest BCUT2D eigenvalue weighted by Crippen LogP contribution is -2.33. The lowest BCUT2D eigenvalue weighted by Gasteiger charge is -2.07. The van der Waals surface area contributed by atoms with Crippen LogP contribution in [0.2, 0.25) is 10.2 Å². The van der Waals surface area contributed by atoms with Crippen molar-refractivity contribution >= 4 is 41.0 Å². The van der Waals surface area contributed by atoms with Crippen molar-refractivity contribution in [2.45, 2.75) is 6.92 Å². The number of anilines is 1. The summed E-state index contributed by atoms with van der Waals surface area (Å²) in [6.07, 6.45) is 0. The SMILES string of the molecule is CCOc1cc(Cl)nc(NC(=O)CNC(=O)c2ccc(-c3ccccc3Cl)o2)n1. The van der Waals surface area contributed by atoms with Gasteiger partial charge in [-0.25, -0.2) is 4.98 Å². The summed E-state index contributed by atoms with van der Waals surface area (Å²) in [7, 11) is 0. The Balaban J connectivity index is 1.58. The van der Waals surface area contributed by atoms with Gasteiger partial charge in [0.15, 0.2) is 5.76 Å². The summed E-state index contributed by atoms with van der Waals surface area (Å²) in [5.41, 5.74) is 0.661. The normalized spacial score (nSPS) is 10.4. The molecule has 0 unspecified atom stereocenters. The van der Waals surface area contributed by atoms with Crippen LogP contribution in [0.3, 0.4) is 0 Å². The summed E-state index contributed by atoms with van der Waals surface area (Å²) in [6.45, 7) is 1.85. The van der Waals surface area contributed by atoms with Crippen LogP contribution in [-0.4, -0.2) is 34.9 Å². The smallest absolute Gasteiger partial charge is 0.287 e. The topological polar surface area (TPSA) is 106 Å². The van der Waals surface area contributed by atoms with Gasteiger partial charge in [0.2, 0.25) is 17.7 Å².